The summed E-state index contributed by atoms with van der Waals surface area (Å²) in [7, 11) is -2.26. The molecule has 0 aliphatic heterocycles. The number of rotatable bonds is 8. The van der Waals surface area contributed by atoms with E-state index < -0.39 is 28.4 Å². The summed E-state index contributed by atoms with van der Waals surface area (Å²) < 4.78 is 35.6. The quantitative estimate of drug-likeness (QED) is 0.659. The number of carbonyl (C=O) groups excluding carboxylic acids is 2. The smallest absolute Gasteiger partial charge is 0.338 e. The summed E-state index contributed by atoms with van der Waals surface area (Å²) in [6, 6.07) is 11.2. The Labute approximate surface area is 170 Å². The maximum atomic E-state index is 12.6. The second-order valence-electron chi connectivity index (χ2n) is 6.27. The van der Waals surface area contributed by atoms with E-state index in [2.05, 4.69) is 5.32 Å². The number of anilines is 2. The lowest BCUT2D eigenvalue weighted by molar-refractivity contribution is -0.114. The minimum absolute atomic E-state index is 0.234. The van der Waals surface area contributed by atoms with Gasteiger partial charge in [0.25, 0.3) is 0 Å². The Hall–Kier alpha value is -3.07. The van der Waals surface area contributed by atoms with Gasteiger partial charge in [0.2, 0.25) is 15.9 Å². The zero-order valence-electron chi connectivity index (χ0n) is 16.8. The van der Waals surface area contributed by atoms with E-state index in [9.17, 15) is 18.0 Å². The molecule has 0 aliphatic carbocycles. The van der Waals surface area contributed by atoms with Crippen LogP contribution in [0.1, 0.15) is 22.8 Å². The number of nitrogens with one attached hydrogen (secondary N) is 1. The predicted molar refractivity (Wildman–Crippen MR) is 111 cm³/mol. The molecule has 0 aromatic heterocycles. The third-order valence-corrected chi connectivity index (χ3v) is 5.19. The first-order valence-electron chi connectivity index (χ1n) is 8.85. The van der Waals surface area contributed by atoms with Crippen molar-refractivity contribution in [2.75, 3.05) is 36.1 Å². The average Bonchev–Trinajstić information content (AvgIpc) is 2.67. The van der Waals surface area contributed by atoms with E-state index in [1.165, 1.54) is 19.2 Å². The highest BCUT2D eigenvalue weighted by atomic mass is 32.2. The molecule has 1 amide bonds. The summed E-state index contributed by atoms with van der Waals surface area (Å²) >= 11 is 0. The highest BCUT2D eigenvalue weighted by Crippen LogP contribution is 2.23. The Kier molecular flexibility index (Phi) is 7.22. The van der Waals surface area contributed by atoms with Gasteiger partial charge in [0, 0.05) is 11.8 Å². The molecular weight excluding hydrogens is 396 g/mol. The fourth-order valence-electron chi connectivity index (χ4n) is 2.58. The van der Waals surface area contributed by atoms with Gasteiger partial charge >= 0.3 is 5.97 Å². The number of aryl methyl sites for hydroxylation is 1. The third kappa shape index (κ3) is 5.95. The van der Waals surface area contributed by atoms with Crippen LogP contribution in [-0.4, -0.2) is 46.8 Å². The monoisotopic (exact) mass is 420 g/mol. The Balaban J connectivity index is 2.25. The van der Waals surface area contributed by atoms with Crippen LogP contribution in [0.3, 0.4) is 0 Å². The zero-order valence-corrected chi connectivity index (χ0v) is 17.6. The standard InChI is InChI=1S/C20H24N2O6S/c1-5-28-20(24)15-10-9-14(2)18(11-15)21-19(23)13-22(29(4,25)26)16-7-6-8-17(12-16)27-3/h6-12H,5,13H2,1-4H3,(H,21,23). The molecule has 156 valence electrons. The topological polar surface area (TPSA) is 102 Å². The highest BCUT2D eigenvalue weighted by molar-refractivity contribution is 7.92. The van der Waals surface area contributed by atoms with Gasteiger partial charge in [-0.15, -0.1) is 0 Å². The molecule has 2 aromatic rings. The molecule has 0 bridgehead atoms. The molecule has 1 N–H and O–H groups in total. The maximum Gasteiger partial charge on any atom is 0.338 e. The molecule has 2 aromatic carbocycles. The van der Waals surface area contributed by atoms with E-state index in [4.69, 9.17) is 9.47 Å². The Morgan fingerprint density at radius 2 is 1.86 bits per heavy atom. The Bertz CT molecular complexity index is 1000. The largest absolute Gasteiger partial charge is 0.497 e. The number of nitrogens with zero attached hydrogens (tertiary/aromatic N) is 1. The van der Waals surface area contributed by atoms with Gasteiger partial charge in [-0.3, -0.25) is 9.10 Å². The van der Waals surface area contributed by atoms with E-state index in [-0.39, 0.29) is 6.61 Å². The molecular formula is C20H24N2O6S. The molecule has 0 atom stereocenters. The van der Waals surface area contributed by atoms with Gasteiger partial charge in [-0.2, -0.15) is 0 Å². The van der Waals surface area contributed by atoms with E-state index in [1.54, 1.807) is 44.2 Å². The molecule has 0 saturated heterocycles. The van der Waals surface area contributed by atoms with Gasteiger partial charge in [0.15, 0.2) is 0 Å². The third-order valence-electron chi connectivity index (χ3n) is 4.05. The van der Waals surface area contributed by atoms with Crippen molar-refractivity contribution in [3.63, 3.8) is 0 Å². The number of amides is 1. The van der Waals surface area contributed by atoms with Crippen molar-refractivity contribution in [1.82, 2.24) is 0 Å². The first-order chi connectivity index (χ1) is 13.7. The average molecular weight is 420 g/mol. The van der Waals surface area contributed by atoms with Crippen LogP contribution in [-0.2, 0) is 19.6 Å². The second kappa shape index (κ2) is 9.42. The summed E-state index contributed by atoms with van der Waals surface area (Å²) in [6.07, 6.45) is 1.02. The van der Waals surface area contributed by atoms with E-state index in [0.717, 1.165) is 16.1 Å². The van der Waals surface area contributed by atoms with Crippen molar-refractivity contribution in [3.8, 4) is 5.75 Å². The lowest BCUT2D eigenvalue weighted by atomic mass is 10.1. The van der Waals surface area contributed by atoms with Crippen molar-refractivity contribution in [2.24, 2.45) is 0 Å². The number of methoxy groups -OCH3 is 1. The summed E-state index contributed by atoms with van der Waals surface area (Å²) in [5.74, 6) is -0.589. The van der Waals surface area contributed by atoms with Crippen LogP contribution in [0.5, 0.6) is 5.75 Å². The number of carbonyl (C=O) groups is 2. The number of sulfonamides is 1. The van der Waals surface area contributed by atoms with Crippen LogP contribution in [0.2, 0.25) is 0 Å². The van der Waals surface area contributed by atoms with Crippen LogP contribution in [0, 0.1) is 6.92 Å². The number of benzene rings is 2. The summed E-state index contributed by atoms with van der Waals surface area (Å²) in [4.78, 5) is 24.5. The summed E-state index contributed by atoms with van der Waals surface area (Å²) in [5.41, 5.74) is 1.72. The fourth-order valence-corrected chi connectivity index (χ4v) is 3.43. The van der Waals surface area contributed by atoms with Crippen molar-refractivity contribution < 1.29 is 27.5 Å². The van der Waals surface area contributed by atoms with E-state index >= 15 is 0 Å². The zero-order chi connectivity index (χ0) is 21.6. The molecule has 2 rings (SSSR count). The molecule has 0 fully saturated rings. The molecule has 29 heavy (non-hydrogen) atoms. The minimum Gasteiger partial charge on any atom is -0.497 e. The molecule has 0 unspecified atom stereocenters. The number of esters is 1. The molecule has 8 nitrogen and oxygen atoms in total. The SMILES string of the molecule is CCOC(=O)c1ccc(C)c(NC(=O)CN(c2cccc(OC)c2)S(C)(=O)=O)c1. The highest BCUT2D eigenvalue weighted by Gasteiger charge is 2.22. The summed E-state index contributed by atoms with van der Waals surface area (Å²) in [5, 5.41) is 2.66. The van der Waals surface area contributed by atoms with E-state index in [0.29, 0.717) is 22.7 Å². The minimum atomic E-state index is -3.73. The van der Waals surface area contributed by atoms with Crippen LogP contribution in [0.15, 0.2) is 42.5 Å². The van der Waals surface area contributed by atoms with Gasteiger partial charge in [0.05, 0.1) is 31.2 Å². The van der Waals surface area contributed by atoms with Crippen LogP contribution < -0.4 is 14.4 Å². The van der Waals surface area contributed by atoms with Crippen molar-refractivity contribution >= 4 is 33.3 Å². The van der Waals surface area contributed by atoms with Crippen LogP contribution >= 0.6 is 0 Å². The van der Waals surface area contributed by atoms with Crippen molar-refractivity contribution in [1.29, 1.82) is 0 Å². The normalized spacial score (nSPS) is 10.9. The van der Waals surface area contributed by atoms with Gasteiger partial charge in [-0.05, 0) is 43.7 Å². The molecule has 9 heteroatoms. The number of hydrogen-bond acceptors (Lipinski definition) is 6. The predicted octanol–water partition coefficient (Wildman–Crippen LogP) is 2.59. The fraction of sp³-hybridized carbons (Fsp3) is 0.300. The van der Waals surface area contributed by atoms with E-state index in [1.807, 2.05) is 0 Å². The Morgan fingerprint density at radius 1 is 1.14 bits per heavy atom. The number of ether oxygens (including phenoxy) is 2. The first kappa shape index (κ1) is 22.2. The molecule has 0 aliphatic rings. The second-order valence-corrected chi connectivity index (χ2v) is 8.18. The molecule has 0 saturated carbocycles. The van der Waals surface area contributed by atoms with Gasteiger partial charge in [0.1, 0.15) is 12.3 Å². The van der Waals surface area contributed by atoms with Crippen molar-refractivity contribution in [2.45, 2.75) is 13.8 Å². The van der Waals surface area contributed by atoms with Crippen LogP contribution in [0.4, 0.5) is 11.4 Å². The van der Waals surface area contributed by atoms with Gasteiger partial charge in [-0.25, -0.2) is 13.2 Å². The first-order valence-corrected chi connectivity index (χ1v) is 10.7. The maximum absolute atomic E-state index is 12.6. The van der Waals surface area contributed by atoms with Crippen LogP contribution in [0.25, 0.3) is 0 Å². The van der Waals surface area contributed by atoms with Crippen molar-refractivity contribution in [3.05, 3.63) is 53.6 Å². The van der Waals surface area contributed by atoms with Gasteiger partial charge < -0.3 is 14.8 Å². The number of hydrogen-bond donors (Lipinski definition) is 1. The van der Waals surface area contributed by atoms with Gasteiger partial charge in [-0.1, -0.05) is 12.1 Å². The molecule has 0 radical (unpaired) electrons. The lowest BCUT2D eigenvalue weighted by Gasteiger charge is -2.22. The molecule has 0 heterocycles. The molecule has 0 spiro atoms. The Morgan fingerprint density at radius 3 is 2.48 bits per heavy atom. The summed E-state index contributed by atoms with van der Waals surface area (Å²) in [6.45, 7) is 3.27. The lowest BCUT2D eigenvalue weighted by Crippen LogP contribution is -2.37.